The van der Waals surface area contributed by atoms with Gasteiger partial charge in [-0.1, -0.05) is 11.6 Å². The Morgan fingerprint density at radius 3 is 2.75 bits per heavy atom. The van der Waals surface area contributed by atoms with Gasteiger partial charge in [-0.05, 0) is 53.2 Å². The highest BCUT2D eigenvalue weighted by Gasteiger charge is 2.26. The Kier molecular flexibility index (Phi) is 4.96. The minimum absolute atomic E-state index is 0.0287. The molecule has 0 aliphatic heterocycles. The van der Waals surface area contributed by atoms with E-state index in [1.807, 2.05) is 0 Å². The van der Waals surface area contributed by atoms with Gasteiger partial charge in [0.15, 0.2) is 0 Å². The molecule has 1 aliphatic rings. The maximum absolute atomic E-state index is 12.3. The van der Waals surface area contributed by atoms with Gasteiger partial charge in [-0.2, -0.15) is 0 Å². The number of rotatable bonds is 4. The molecule has 2 atom stereocenters. The SMILES string of the molecule is Nc1cc(Cl)cc(S(=O)(=O)NCC2CCC(O)C2)c1Br. The summed E-state index contributed by atoms with van der Waals surface area (Å²) < 4.78 is 27.4. The van der Waals surface area contributed by atoms with Crippen molar-refractivity contribution in [3.8, 4) is 0 Å². The number of nitrogen functional groups attached to an aromatic ring is 1. The van der Waals surface area contributed by atoms with E-state index >= 15 is 0 Å². The molecule has 8 heteroatoms. The standard InChI is InChI=1S/C12H16BrClN2O3S/c13-12-10(15)4-8(14)5-11(12)20(18,19)16-6-7-1-2-9(17)3-7/h4-5,7,9,16-17H,1-3,6,15H2. The summed E-state index contributed by atoms with van der Waals surface area (Å²) in [5.74, 6) is 0.162. The second kappa shape index (κ2) is 6.19. The van der Waals surface area contributed by atoms with Gasteiger partial charge in [-0.15, -0.1) is 0 Å². The first-order valence-corrected chi connectivity index (χ1v) is 8.87. The van der Waals surface area contributed by atoms with Crippen molar-refractivity contribution in [3.63, 3.8) is 0 Å². The zero-order valence-corrected chi connectivity index (χ0v) is 13.8. The fourth-order valence-electron chi connectivity index (χ4n) is 2.32. The Labute approximate surface area is 131 Å². The number of aliphatic hydroxyl groups excluding tert-OH is 1. The maximum atomic E-state index is 12.3. The molecule has 1 fully saturated rings. The van der Waals surface area contributed by atoms with E-state index in [1.54, 1.807) is 0 Å². The van der Waals surface area contributed by atoms with E-state index in [0.29, 0.717) is 17.4 Å². The van der Waals surface area contributed by atoms with Gasteiger partial charge in [0.25, 0.3) is 0 Å². The van der Waals surface area contributed by atoms with Gasteiger partial charge in [0, 0.05) is 17.3 Å². The van der Waals surface area contributed by atoms with Gasteiger partial charge in [-0.3, -0.25) is 0 Å². The number of hydrogen-bond donors (Lipinski definition) is 3. The molecule has 0 heterocycles. The minimum atomic E-state index is -3.68. The minimum Gasteiger partial charge on any atom is -0.398 e. The molecule has 5 nitrogen and oxygen atoms in total. The molecular formula is C12H16BrClN2O3S. The van der Waals surface area contributed by atoms with Crippen LogP contribution >= 0.6 is 27.5 Å². The summed E-state index contributed by atoms with van der Waals surface area (Å²) in [4.78, 5) is 0.0287. The van der Waals surface area contributed by atoms with Crippen LogP contribution in [0.3, 0.4) is 0 Å². The zero-order valence-electron chi connectivity index (χ0n) is 10.6. The molecule has 1 aromatic rings. The third-order valence-electron chi connectivity index (χ3n) is 3.40. The number of aliphatic hydroxyl groups is 1. The molecule has 0 spiro atoms. The van der Waals surface area contributed by atoms with Crippen LogP contribution in [0.4, 0.5) is 5.69 Å². The number of nitrogens with two attached hydrogens (primary N) is 1. The van der Waals surface area contributed by atoms with Crippen molar-refractivity contribution in [2.75, 3.05) is 12.3 Å². The van der Waals surface area contributed by atoms with Crippen LogP contribution in [-0.2, 0) is 10.0 Å². The molecule has 1 aliphatic carbocycles. The predicted octanol–water partition coefficient (Wildman–Crippen LogP) is 2.12. The molecule has 0 aromatic heterocycles. The van der Waals surface area contributed by atoms with E-state index in [1.165, 1.54) is 12.1 Å². The summed E-state index contributed by atoms with van der Waals surface area (Å²) >= 11 is 9.02. The van der Waals surface area contributed by atoms with Crippen LogP contribution in [0, 0.1) is 5.92 Å². The van der Waals surface area contributed by atoms with E-state index < -0.39 is 10.0 Å². The average Bonchev–Trinajstić information content (AvgIpc) is 2.77. The van der Waals surface area contributed by atoms with Crippen molar-refractivity contribution in [2.24, 2.45) is 5.92 Å². The monoisotopic (exact) mass is 382 g/mol. The van der Waals surface area contributed by atoms with Crippen LogP contribution in [0.25, 0.3) is 0 Å². The first-order chi connectivity index (χ1) is 9.29. The molecule has 0 bridgehead atoms. The summed E-state index contributed by atoms with van der Waals surface area (Å²) in [5.41, 5.74) is 5.97. The molecule has 20 heavy (non-hydrogen) atoms. The normalized spacial score (nSPS) is 23.1. The molecule has 2 rings (SSSR count). The number of anilines is 1. The van der Waals surface area contributed by atoms with Crippen molar-refractivity contribution < 1.29 is 13.5 Å². The number of sulfonamides is 1. The van der Waals surface area contributed by atoms with E-state index in [0.717, 1.165) is 12.8 Å². The van der Waals surface area contributed by atoms with Crippen LogP contribution in [0.1, 0.15) is 19.3 Å². The van der Waals surface area contributed by atoms with Crippen LogP contribution in [0.5, 0.6) is 0 Å². The lowest BCUT2D eigenvalue weighted by atomic mass is 10.1. The molecule has 0 amide bonds. The molecule has 4 N–H and O–H groups in total. The number of benzene rings is 1. The predicted molar refractivity (Wildman–Crippen MR) is 82.1 cm³/mol. The fraction of sp³-hybridized carbons (Fsp3) is 0.500. The smallest absolute Gasteiger partial charge is 0.241 e. The number of nitrogens with one attached hydrogen (secondary N) is 1. The summed E-state index contributed by atoms with van der Waals surface area (Å²) in [7, 11) is -3.68. The second-order valence-corrected chi connectivity index (χ2v) is 7.96. The molecule has 1 saturated carbocycles. The number of halogens is 2. The van der Waals surface area contributed by atoms with Gasteiger partial charge >= 0.3 is 0 Å². The summed E-state index contributed by atoms with van der Waals surface area (Å²) in [6.07, 6.45) is 1.85. The van der Waals surface area contributed by atoms with E-state index in [4.69, 9.17) is 17.3 Å². The Bertz CT molecular complexity index is 609. The average molecular weight is 384 g/mol. The van der Waals surface area contributed by atoms with Crippen LogP contribution < -0.4 is 10.5 Å². The highest BCUT2D eigenvalue weighted by atomic mass is 79.9. The maximum Gasteiger partial charge on any atom is 0.241 e. The third kappa shape index (κ3) is 3.65. The highest BCUT2D eigenvalue weighted by molar-refractivity contribution is 9.10. The Morgan fingerprint density at radius 1 is 1.45 bits per heavy atom. The highest BCUT2D eigenvalue weighted by Crippen LogP contribution is 2.32. The van der Waals surface area contributed by atoms with Gasteiger partial charge < -0.3 is 10.8 Å². The van der Waals surface area contributed by atoms with Crippen molar-refractivity contribution in [1.29, 1.82) is 0 Å². The molecular weight excluding hydrogens is 368 g/mol. The van der Waals surface area contributed by atoms with E-state index in [-0.39, 0.29) is 27.6 Å². The first kappa shape index (κ1) is 16.0. The topological polar surface area (TPSA) is 92.4 Å². The van der Waals surface area contributed by atoms with Gasteiger partial charge in [-0.25, -0.2) is 13.1 Å². The second-order valence-electron chi connectivity index (χ2n) is 4.99. The van der Waals surface area contributed by atoms with Crippen LogP contribution in [0.15, 0.2) is 21.5 Å². The molecule has 1 aromatic carbocycles. The summed E-state index contributed by atoms with van der Waals surface area (Å²) in [5, 5.41) is 9.71. The van der Waals surface area contributed by atoms with Crippen molar-refractivity contribution in [3.05, 3.63) is 21.6 Å². The number of hydrogen-bond acceptors (Lipinski definition) is 4. The first-order valence-electron chi connectivity index (χ1n) is 6.22. The largest absolute Gasteiger partial charge is 0.398 e. The third-order valence-corrected chi connectivity index (χ3v) is 6.21. The lowest BCUT2D eigenvalue weighted by Gasteiger charge is -2.13. The zero-order chi connectivity index (χ0) is 14.9. The van der Waals surface area contributed by atoms with Crippen molar-refractivity contribution in [1.82, 2.24) is 4.72 Å². The Morgan fingerprint density at radius 2 is 2.15 bits per heavy atom. The van der Waals surface area contributed by atoms with Crippen molar-refractivity contribution in [2.45, 2.75) is 30.3 Å². The lowest BCUT2D eigenvalue weighted by molar-refractivity contribution is 0.178. The summed E-state index contributed by atoms with van der Waals surface area (Å²) in [6, 6.07) is 2.84. The van der Waals surface area contributed by atoms with Crippen molar-refractivity contribution >= 4 is 43.2 Å². The Balaban J connectivity index is 2.14. The molecule has 112 valence electrons. The molecule has 0 radical (unpaired) electrons. The van der Waals surface area contributed by atoms with Crippen LogP contribution in [0.2, 0.25) is 5.02 Å². The van der Waals surface area contributed by atoms with E-state index in [2.05, 4.69) is 20.7 Å². The van der Waals surface area contributed by atoms with Gasteiger partial charge in [0.1, 0.15) is 0 Å². The van der Waals surface area contributed by atoms with Crippen LogP contribution in [-0.4, -0.2) is 26.2 Å². The molecule has 2 unspecified atom stereocenters. The van der Waals surface area contributed by atoms with Gasteiger partial charge in [0.2, 0.25) is 10.0 Å². The quantitative estimate of drug-likeness (QED) is 0.694. The molecule has 0 saturated heterocycles. The lowest BCUT2D eigenvalue weighted by Crippen LogP contribution is -2.29. The van der Waals surface area contributed by atoms with Gasteiger partial charge in [0.05, 0.1) is 15.5 Å². The fourth-order valence-corrected chi connectivity index (χ4v) is 4.73. The summed E-state index contributed by atoms with van der Waals surface area (Å²) in [6.45, 7) is 0.304. The Hall–Kier alpha value is -0.340. The van der Waals surface area contributed by atoms with E-state index in [9.17, 15) is 13.5 Å².